The molecule has 2 N–H and O–H groups in total. The van der Waals surface area contributed by atoms with Crippen molar-refractivity contribution in [1.82, 2.24) is 14.5 Å². The molecule has 0 bridgehead atoms. The lowest BCUT2D eigenvalue weighted by atomic mass is 10.00. The van der Waals surface area contributed by atoms with E-state index in [2.05, 4.69) is 4.72 Å². The summed E-state index contributed by atoms with van der Waals surface area (Å²) >= 11 is 0. The summed E-state index contributed by atoms with van der Waals surface area (Å²) in [6, 6.07) is 5.05. The minimum absolute atomic E-state index is 0.0761. The number of carbonyl (C=O) groups is 1. The van der Waals surface area contributed by atoms with Crippen molar-refractivity contribution in [2.24, 2.45) is 0 Å². The molecular formula is C17H27N3O4S. The Morgan fingerprint density at radius 1 is 1.36 bits per heavy atom. The maximum absolute atomic E-state index is 12.3. The number of rotatable bonds is 7. The number of nitrogens with one attached hydrogen (secondary N) is 1. The van der Waals surface area contributed by atoms with Crippen molar-refractivity contribution >= 4 is 15.9 Å². The number of nitrogens with zero attached hydrogens (tertiary/aromatic N) is 2. The van der Waals surface area contributed by atoms with E-state index in [-0.39, 0.29) is 17.3 Å². The van der Waals surface area contributed by atoms with Crippen molar-refractivity contribution in [3.63, 3.8) is 0 Å². The summed E-state index contributed by atoms with van der Waals surface area (Å²) in [6.07, 6.45) is 0.468. The molecule has 0 aromatic heterocycles. The minimum Gasteiger partial charge on any atom is -0.393 e. The second kappa shape index (κ2) is 8.27. The van der Waals surface area contributed by atoms with Gasteiger partial charge >= 0.3 is 0 Å². The average Bonchev–Trinajstić information content (AvgIpc) is 2.52. The fourth-order valence-corrected chi connectivity index (χ4v) is 3.86. The lowest BCUT2D eigenvalue weighted by molar-refractivity contribution is -0.132. The zero-order valence-corrected chi connectivity index (χ0v) is 15.8. The predicted molar refractivity (Wildman–Crippen MR) is 95.6 cm³/mol. The highest BCUT2D eigenvalue weighted by Gasteiger charge is 2.23. The van der Waals surface area contributed by atoms with Gasteiger partial charge in [0.25, 0.3) is 0 Å². The van der Waals surface area contributed by atoms with E-state index in [1.54, 1.807) is 30.0 Å². The quantitative estimate of drug-likeness (QED) is 0.716. The number of likely N-dealkylation sites (N-methyl/N-ethyl adjacent to an activating group) is 1. The van der Waals surface area contributed by atoms with Gasteiger partial charge in [0.1, 0.15) is 0 Å². The van der Waals surface area contributed by atoms with Crippen molar-refractivity contribution in [1.29, 1.82) is 0 Å². The SMILES string of the molecule is C[C@H](O)CCNS(=O)(=O)c1ccc2c(c1)CCN(C(=O)CN(C)C)C2. The van der Waals surface area contributed by atoms with Gasteiger partial charge in [-0.15, -0.1) is 0 Å². The van der Waals surface area contributed by atoms with Gasteiger partial charge in [-0.05, 0) is 57.1 Å². The highest BCUT2D eigenvalue weighted by Crippen LogP contribution is 2.22. The second-order valence-electron chi connectivity index (χ2n) is 6.77. The monoisotopic (exact) mass is 369 g/mol. The molecular weight excluding hydrogens is 342 g/mol. The number of aliphatic hydroxyl groups excluding tert-OH is 1. The third-order valence-corrected chi connectivity index (χ3v) is 5.62. The Hall–Kier alpha value is -1.48. The van der Waals surface area contributed by atoms with Crippen LogP contribution in [0.1, 0.15) is 24.5 Å². The summed E-state index contributed by atoms with van der Waals surface area (Å²) < 4.78 is 27.2. The van der Waals surface area contributed by atoms with Gasteiger partial charge in [-0.2, -0.15) is 0 Å². The van der Waals surface area contributed by atoms with Crippen LogP contribution in [-0.4, -0.2) is 69.1 Å². The van der Waals surface area contributed by atoms with Crippen molar-refractivity contribution in [3.05, 3.63) is 29.3 Å². The van der Waals surface area contributed by atoms with Gasteiger partial charge < -0.3 is 14.9 Å². The van der Waals surface area contributed by atoms with Gasteiger partial charge in [0.05, 0.1) is 17.5 Å². The van der Waals surface area contributed by atoms with Gasteiger partial charge in [0.15, 0.2) is 0 Å². The molecule has 0 spiro atoms. The van der Waals surface area contributed by atoms with Gasteiger partial charge in [-0.1, -0.05) is 6.07 Å². The molecule has 1 heterocycles. The Kier molecular flexibility index (Phi) is 6.56. The lowest BCUT2D eigenvalue weighted by Gasteiger charge is -2.30. The van der Waals surface area contributed by atoms with Gasteiger partial charge in [-0.25, -0.2) is 13.1 Å². The zero-order valence-electron chi connectivity index (χ0n) is 15.0. The molecule has 1 aromatic carbocycles. The molecule has 0 fully saturated rings. The van der Waals surface area contributed by atoms with Crippen LogP contribution in [0.15, 0.2) is 23.1 Å². The van der Waals surface area contributed by atoms with Crippen LogP contribution in [0.3, 0.4) is 0 Å². The first kappa shape index (κ1) is 19.8. The summed E-state index contributed by atoms with van der Waals surface area (Å²) in [4.78, 5) is 16.0. The highest BCUT2D eigenvalue weighted by atomic mass is 32.2. The molecule has 0 unspecified atom stereocenters. The van der Waals surface area contributed by atoms with Crippen molar-refractivity contribution in [3.8, 4) is 0 Å². The van der Waals surface area contributed by atoms with Crippen LogP contribution in [0.25, 0.3) is 0 Å². The minimum atomic E-state index is -3.58. The Morgan fingerprint density at radius 2 is 2.08 bits per heavy atom. The average molecular weight is 369 g/mol. The van der Waals surface area contributed by atoms with E-state index in [0.29, 0.717) is 32.5 Å². The molecule has 7 nitrogen and oxygen atoms in total. The van der Waals surface area contributed by atoms with E-state index in [0.717, 1.165) is 11.1 Å². The molecule has 0 saturated carbocycles. The molecule has 2 rings (SSSR count). The number of amides is 1. The number of sulfonamides is 1. The van der Waals surface area contributed by atoms with Crippen molar-refractivity contribution < 1.29 is 18.3 Å². The zero-order chi connectivity index (χ0) is 18.6. The number of aliphatic hydroxyl groups is 1. The fraction of sp³-hybridized carbons (Fsp3) is 0.588. The van der Waals surface area contributed by atoms with Crippen LogP contribution in [0.4, 0.5) is 0 Å². The van der Waals surface area contributed by atoms with Crippen LogP contribution in [0, 0.1) is 0 Å². The molecule has 0 radical (unpaired) electrons. The highest BCUT2D eigenvalue weighted by molar-refractivity contribution is 7.89. The lowest BCUT2D eigenvalue weighted by Crippen LogP contribution is -2.40. The van der Waals surface area contributed by atoms with Gasteiger partial charge in [0.2, 0.25) is 15.9 Å². The summed E-state index contributed by atoms with van der Waals surface area (Å²) in [5, 5.41) is 9.23. The summed E-state index contributed by atoms with van der Waals surface area (Å²) in [7, 11) is 0.134. The molecule has 140 valence electrons. The third-order valence-electron chi connectivity index (χ3n) is 4.16. The van der Waals surface area contributed by atoms with Crippen LogP contribution in [-0.2, 0) is 27.8 Å². The number of carbonyl (C=O) groups excluding carboxylic acids is 1. The largest absolute Gasteiger partial charge is 0.393 e. The molecule has 1 aliphatic rings. The predicted octanol–water partition coefficient (Wildman–Crippen LogP) is 0.182. The number of hydrogen-bond acceptors (Lipinski definition) is 5. The van der Waals surface area contributed by atoms with E-state index >= 15 is 0 Å². The molecule has 1 aliphatic heterocycles. The number of benzene rings is 1. The maximum atomic E-state index is 12.3. The molecule has 25 heavy (non-hydrogen) atoms. The molecule has 1 aromatic rings. The summed E-state index contributed by atoms with van der Waals surface area (Å²) in [6.45, 7) is 3.30. The van der Waals surface area contributed by atoms with Crippen LogP contribution in [0.5, 0.6) is 0 Å². The Morgan fingerprint density at radius 3 is 2.72 bits per heavy atom. The third kappa shape index (κ3) is 5.50. The van der Waals surface area contributed by atoms with Crippen LogP contribution in [0.2, 0.25) is 0 Å². The molecule has 1 amide bonds. The number of fused-ring (bicyclic) bond motifs is 1. The van der Waals surface area contributed by atoms with Crippen molar-refractivity contribution in [2.45, 2.75) is 37.3 Å². The van der Waals surface area contributed by atoms with Crippen molar-refractivity contribution in [2.75, 3.05) is 33.7 Å². The van der Waals surface area contributed by atoms with E-state index in [9.17, 15) is 18.3 Å². The number of hydrogen-bond donors (Lipinski definition) is 2. The summed E-state index contributed by atoms with van der Waals surface area (Å²) in [5.74, 6) is 0.0761. The van der Waals surface area contributed by atoms with Crippen LogP contribution >= 0.6 is 0 Å². The van der Waals surface area contributed by atoms with Crippen LogP contribution < -0.4 is 4.72 Å². The first-order chi connectivity index (χ1) is 11.7. The van der Waals surface area contributed by atoms with E-state index in [4.69, 9.17) is 0 Å². The Bertz CT molecular complexity index is 717. The molecule has 0 aliphatic carbocycles. The smallest absolute Gasteiger partial charge is 0.240 e. The first-order valence-corrected chi connectivity index (χ1v) is 9.89. The fourth-order valence-electron chi connectivity index (χ4n) is 2.77. The normalized spacial score (nSPS) is 16.0. The summed E-state index contributed by atoms with van der Waals surface area (Å²) in [5.41, 5.74) is 1.95. The van der Waals surface area contributed by atoms with E-state index in [1.807, 2.05) is 19.0 Å². The maximum Gasteiger partial charge on any atom is 0.240 e. The van der Waals surface area contributed by atoms with E-state index in [1.165, 1.54) is 0 Å². The Labute approximate surface area is 149 Å². The standard InChI is InChI=1S/C17H27N3O4S/c1-13(21)6-8-18-25(23,24)16-5-4-15-11-20(9-7-14(15)10-16)17(22)12-19(2)3/h4-5,10,13,18,21H,6-9,11-12H2,1-3H3/t13-/m0/s1. The van der Waals surface area contributed by atoms with E-state index < -0.39 is 16.1 Å². The second-order valence-corrected chi connectivity index (χ2v) is 8.54. The molecule has 1 atom stereocenters. The first-order valence-electron chi connectivity index (χ1n) is 8.41. The Balaban J connectivity index is 2.07. The van der Waals surface area contributed by atoms with Gasteiger partial charge in [0, 0.05) is 19.6 Å². The van der Waals surface area contributed by atoms with Gasteiger partial charge in [-0.3, -0.25) is 4.79 Å². The molecule has 0 saturated heterocycles. The topological polar surface area (TPSA) is 90.0 Å². The molecule has 8 heteroatoms.